The van der Waals surface area contributed by atoms with Crippen molar-refractivity contribution in [3.8, 4) is 0 Å². The van der Waals surface area contributed by atoms with Crippen LogP contribution in [0, 0.1) is 13.8 Å². The highest BCUT2D eigenvalue weighted by Gasteiger charge is 2.10. The van der Waals surface area contributed by atoms with E-state index in [0.717, 1.165) is 0 Å². The van der Waals surface area contributed by atoms with Crippen molar-refractivity contribution >= 4 is 17.6 Å². The Morgan fingerprint density at radius 1 is 1.35 bits per heavy atom. The molecule has 5 nitrogen and oxygen atoms in total. The smallest absolute Gasteiger partial charge is 0.335 e. The van der Waals surface area contributed by atoms with Crippen LogP contribution in [0.15, 0.2) is 29.1 Å². The molecule has 0 atom stereocenters. The van der Waals surface area contributed by atoms with Crippen molar-refractivity contribution in [3.63, 3.8) is 0 Å². The Hall–Kier alpha value is -2.14. The van der Waals surface area contributed by atoms with Crippen molar-refractivity contribution in [3.05, 3.63) is 62.3 Å². The predicted molar refractivity (Wildman–Crippen MR) is 75.5 cm³/mol. The minimum Gasteiger partial charge on any atom is -0.478 e. The Balaban J connectivity index is 2.41. The number of benzene rings is 1. The van der Waals surface area contributed by atoms with Crippen molar-refractivity contribution in [2.24, 2.45) is 0 Å². The van der Waals surface area contributed by atoms with Gasteiger partial charge in [0.1, 0.15) is 5.82 Å². The molecule has 0 spiro atoms. The molecule has 20 heavy (non-hydrogen) atoms. The molecule has 0 saturated heterocycles. The Morgan fingerprint density at radius 2 is 2.05 bits per heavy atom. The third-order valence-electron chi connectivity index (χ3n) is 2.96. The number of hydrogen-bond acceptors (Lipinski definition) is 3. The number of nitrogens with zero attached hydrogens (tertiary/aromatic N) is 2. The molecule has 0 radical (unpaired) electrons. The zero-order valence-corrected chi connectivity index (χ0v) is 11.8. The molecule has 0 aliphatic carbocycles. The van der Waals surface area contributed by atoms with Gasteiger partial charge in [0, 0.05) is 16.8 Å². The summed E-state index contributed by atoms with van der Waals surface area (Å²) < 4.78 is 1.49. The first-order valence-electron chi connectivity index (χ1n) is 5.95. The summed E-state index contributed by atoms with van der Waals surface area (Å²) in [5.74, 6) is -0.447. The minimum atomic E-state index is -1.04. The average molecular weight is 293 g/mol. The van der Waals surface area contributed by atoms with E-state index in [9.17, 15) is 9.59 Å². The first kappa shape index (κ1) is 14.3. The van der Waals surface area contributed by atoms with E-state index >= 15 is 0 Å². The molecule has 1 aromatic heterocycles. The Kier molecular flexibility index (Phi) is 3.90. The summed E-state index contributed by atoms with van der Waals surface area (Å²) in [7, 11) is 0. The van der Waals surface area contributed by atoms with E-state index < -0.39 is 5.97 Å². The van der Waals surface area contributed by atoms with Crippen molar-refractivity contribution in [1.29, 1.82) is 0 Å². The molecule has 2 aromatic rings. The van der Waals surface area contributed by atoms with Crippen molar-refractivity contribution < 1.29 is 9.90 Å². The van der Waals surface area contributed by atoms with Crippen LogP contribution >= 0.6 is 11.6 Å². The molecular formula is C14H13ClN2O3. The molecule has 1 heterocycles. The van der Waals surface area contributed by atoms with Crippen LogP contribution in [-0.2, 0) is 6.54 Å². The van der Waals surface area contributed by atoms with Gasteiger partial charge >= 0.3 is 5.97 Å². The van der Waals surface area contributed by atoms with Gasteiger partial charge in [0.25, 0.3) is 5.56 Å². The molecule has 0 unspecified atom stereocenters. The third-order valence-corrected chi connectivity index (χ3v) is 3.31. The van der Waals surface area contributed by atoms with Crippen molar-refractivity contribution in [2.75, 3.05) is 0 Å². The Morgan fingerprint density at radius 3 is 2.60 bits per heavy atom. The second kappa shape index (κ2) is 5.46. The largest absolute Gasteiger partial charge is 0.478 e. The van der Waals surface area contributed by atoms with E-state index in [1.54, 1.807) is 19.9 Å². The van der Waals surface area contributed by atoms with Gasteiger partial charge < -0.3 is 5.11 Å². The topological polar surface area (TPSA) is 72.2 Å². The molecule has 104 valence electrons. The summed E-state index contributed by atoms with van der Waals surface area (Å²) in [5.41, 5.74) is 1.29. The summed E-state index contributed by atoms with van der Waals surface area (Å²) in [6.07, 6.45) is 0. The van der Waals surface area contributed by atoms with E-state index in [1.165, 1.54) is 22.8 Å². The van der Waals surface area contributed by atoms with Crippen molar-refractivity contribution in [2.45, 2.75) is 20.4 Å². The summed E-state index contributed by atoms with van der Waals surface area (Å²) in [5, 5.41) is 9.20. The van der Waals surface area contributed by atoms with Gasteiger partial charge in [-0.25, -0.2) is 9.78 Å². The molecule has 6 heteroatoms. The Bertz CT molecular complexity index is 738. The van der Waals surface area contributed by atoms with Crippen LogP contribution in [0.25, 0.3) is 0 Å². The van der Waals surface area contributed by atoms with Gasteiger partial charge in [-0.15, -0.1) is 0 Å². The molecule has 0 aliphatic heterocycles. The third kappa shape index (κ3) is 2.88. The second-order valence-corrected chi connectivity index (χ2v) is 4.89. The standard InChI is InChI=1S/C14H13ClN2O3/c1-8-5-13(18)17(9(2)16-8)7-11-4-3-10(14(19)20)6-12(11)15/h3-6H,7H2,1-2H3,(H,19,20). The maximum atomic E-state index is 11.9. The first-order valence-corrected chi connectivity index (χ1v) is 6.33. The maximum absolute atomic E-state index is 11.9. The quantitative estimate of drug-likeness (QED) is 0.942. The number of hydrogen-bond donors (Lipinski definition) is 1. The zero-order chi connectivity index (χ0) is 14.9. The number of rotatable bonds is 3. The summed E-state index contributed by atoms with van der Waals surface area (Å²) in [6, 6.07) is 5.90. The highest BCUT2D eigenvalue weighted by molar-refractivity contribution is 6.31. The van der Waals surface area contributed by atoms with Gasteiger partial charge in [-0.3, -0.25) is 9.36 Å². The maximum Gasteiger partial charge on any atom is 0.335 e. The lowest BCUT2D eigenvalue weighted by molar-refractivity contribution is 0.0697. The zero-order valence-electron chi connectivity index (χ0n) is 11.1. The summed E-state index contributed by atoms with van der Waals surface area (Å²) in [6.45, 7) is 3.76. The number of carbonyl (C=O) groups is 1. The van der Waals surface area contributed by atoms with Crippen LogP contribution in [0.3, 0.4) is 0 Å². The lowest BCUT2D eigenvalue weighted by Gasteiger charge is -2.11. The molecule has 0 fully saturated rings. The number of halogens is 1. The molecule has 0 saturated carbocycles. The number of aryl methyl sites for hydroxylation is 2. The van der Waals surface area contributed by atoms with Gasteiger partial charge in [0.2, 0.25) is 0 Å². The molecule has 1 N–H and O–H groups in total. The first-order chi connectivity index (χ1) is 9.38. The summed E-state index contributed by atoms with van der Waals surface area (Å²) in [4.78, 5) is 27.0. The molecule has 0 aliphatic rings. The van der Waals surface area contributed by atoms with Crippen LogP contribution in [0.2, 0.25) is 5.02 Å². The minimum absolute atomic E-state index is 0.116. The predicted octanol–water partition coefficient (Wildman–Crippen LogP) is 2.26. The molecule has 0 bridgehead atoms. The normalized spacial score (nSPS) is 10.6. The highest BCUT2D eigenvalue weighted by atomic mass is 35.5. The highest BCUT2D eigenvalue weighted by Crippen LogP contribution is 2.19. The Labute approximate surface area is 120 Å². The fourth-order valence-corrected chi connectivity index (χ4v) is 2.18. The monoisotopic (exact) mass is 292 g/mol. The number of carboxylic acids is 1. The van der Waals surface area contributed by atoms with E-state index in [1.807, 2.05) is 0 Å². The summed E-state index contributed by atoms with van der Waals surface area (Å²) >= 11 is 6.06. The lowest BCUT2D eigenvalue weighted by atomic mass is 10.1. The SMILES string of the molecule is Cc1cc(=O)n(Cc2ccc(C(=O)O)cc2Cl)c(C)n1. The van der Waals surface area contributed by atoms with Crippen LogP contribution in [0.1, 0.15) is 27.4 Å². The van der Waals surface area contributed by atoms with E-state index in [0.29, 0.717) is 22.1 Å². The van der Waals surface area contributed by atoms with Gasteiger partial charge in [0.05, 0.1) is 12.1 Å². The molecule has 1 aromatic carbocycles. The lowest BCUT2D eigenvalue weighted by Crippen LogP contribution is -2.24. The van der Waals surface area contributed by atoms with E-state index in [-0.39, 0.29) is 17.7 Å². The van der Waals surface area contributed by atoms with Gasteiger partial charge in [0.15, 0.2) is 0 Å². The van der Waals surface area contributed by atoms with Crippen LogP contribution in [0.4, 0.5) is 0 Å². The van der Waals surface area contributed by atoms with Crippen LogP contribution in [0.5, 0.6) is 0 Å². The molecular weight excluding hydrogens is 280 g/mol. The second-order valence-electron chi connectivity index (χ2n) is 4.48. The number of aromatic nitrogens is 2. The fourth-order valence-electron chi connectivity index (χ4n) is 1.94. The molecule has 0 amide bonds. The average Bonchev–Trinajstić information content (AvgIpc) is 2.34. The number of carboxylic acid groups (broad SMARTS) is 1. The fraction of sp³-hybridized carbons (Fsp3) is 0.214. The van der Waals surface area contributed by atoms with Crippen LogP contribution < -0.4 is 5.56 Å². The molecule has 2 rings (SSSR count). The van der Waals surface area contributed by atoms with E-state index in [2.05, 4.69) is 4.98 Å². The van der Waals surface area contributed by atoms with Crippen LogP contribution in [-0.4, -0.2) is 20.6 Å². The van der Waals surface area contributed by atoms with Gasteiger partial charge in [-0.05, 0) is 31.5 Å². The van der Waals surface area contributed by atoms with Gasteiger partial charge in [-0.2, -0.15) is 0 Å². The number of aromatic carboxylic acids is 1. The van der Waals surface area contributed by atoms with Gasteiger partial charge in [-0.1, -0.05) is 17.7 Å². The van der Waals surface area contributed by atoms with E-state index in [4.69, 9.17) is 16.7 Å². The van der Waals surface area contributed by atoms with Crippen molar-refractivity contribution in [1.82, 2.24) is 9.55 Å².